The molecule has 1 aromatic carbocycles. The maximum atomic E-state index is 12.0. The Bertz CT molecular complexity index is 529. The Hall–Kier alpha value is -0.920. The molecule has 0 aliphatic heterocycles. The van der Waals surface area contributed by atoms with Gasteiger partial charge in [0.2, 0.25) is 5.91 Å². The number of carbonyl (C=O) groups is 1. The van der Waals surface area contributed by atoms with Gasteiger partial charge in [-0.25, -0.2) is 8.42 Å². The fourth-order valence-electron chi connectivity index (χ4n) is 1.60. The molecule has 2 N–H and O–H groups in total. The second-order valence-corrected chi connectivity index (χ2v) is 7.35. The lowest BCUT2D eigenvalue weighted by atomic mass is 10.3. The highest BCUT2D eigenvalue weighted by Crippen LogP contribution is 2.16. The number of likely N-dealkylation sites (N-methyl/N-ethyl adjacent to an activating group) is 1. The fourth-order valence-corrected chi connectivity index (χ4v) is 3.17. The van der Waals surface area contributed by atoms with Crippen LogP contribution in [0.3, 0.4) is 0 Å². The molecule has 20 heavy (non-hydrogen) atoms. The number of hydrogen-bond acceptors (Lipinski definition) is 4. The van der Waals surface area contributed by atoms with E-state index >= 15 is 0 Å². The highest BCUT2D eigenvalue weighted by atomic mass is 79.9. The van der Waals surface area contributed by atoms with Crippen molar-refractivity contribution in [2.75, 3.05) is 25.9 Å². The van der Waals surface area contributed by atoms with Crippen molar-refractivity contribution in [3.05, 3.63) is 28.7 Å². The van der Waals surface area contributed by atoms with Gasteiger partial charge in [-0.05, 0) is 37.7 Å². The third-order valence-corrected chi connectivity index (χ3v) is 5.03. The summed E-state index contributed by atoms with van der Waals surface area (Å²) in [5.41, 5.74) is 0. The average molecular weight is 363 g/mol. The minimum atomic E-state index is -3.31. The molecule has 1 amide bonds. The van der Waals surface area contributed by atoms with Crippen LogP contribution in [0.1, 0.15) is 12.8 Å². The van der Waals surface area contributed by atoms with Crippen molar-refractivity contribution in [3.63, 3.8) is 0 Å². The van der Waals surface area contributed by atoms with Crippen molar-refractivity contribution in [1.82, 2.24) is 10.6 Å². The summed E-state index contributed by atoms with van der Waals surface area (Å²) in [7, 11) is -1.51. The first-order valence-corrected chi connectivity index (χ1v) is 8.80. The zero-order valence-electron chi connectivity index (χ0n) is 11.4. The number of amides is 1. The molecule has 0 bridgehead atoms. The van der Waals surface area contributed by atoms with Crippen LogP contribution in [0.15, 0.2) is 33.6 Å². The molecular formula is C13H19BrN2O3S. The van der Waals surface area contributed by atoms with Crippen LogP contribution in [-0.4, -0.2) is 40.2 Å². The maximum absolute atomic E-state index is 12.0. The Labute approximate surface area is 128 Å². The number of halogens is 1. The highest BCUT2D eigenvalue weighted by molar-refractivity contribution is 9.10. The lowest BCUT2D eigenvalue weighted by Crippen LogP contribution is -2.30. The van der Waals surface area contributed by atoms with Crippen LogP contribution >= 0.6 is 15.9 Å². The van der Waals surface area contributed by atoms with Gasteiger partial charge in [-0.3, -0.25) is 4.79 Å². The number of carbonyl (C=O) groups excluding carboxylic acids is 1. The normalized spacial score (nSPS) is 11.3. The van der Waals surface area contributed by atoms with Gasteiger partial charge in [-0.15, -0.1) is 0 Å². The fraction of sp³-hybridized carbons (Fsp3) is 0.462. The topological polar surface area (TPSA) is 75.3 Å². The zero-order chi connectivity index (χ0) is 15.0. The molecule has 0 fully saturated rings. The Morgan fingerprint density at radius 2 is 1.85 bits per heavy atom. The van der Waals surface area contributed by atoms with Crippen molar-refractivity contribution in [2.45, 2.75) is 17.7 Å². The van der Waals surface area contributed by atoms with Crippen LogP contribution in [0.4, 0.5) is 0 Å². The van der Waals surface area contributed by atoms with Gasteiger partial charge in [0.15, 0.2) is 9.84 Å². The van der Waals surface area contributed by atoms with E-state index in [1.54, 1.807) is 31.3 Å². The van der Waals surface area contributed by atoms with E-state index in [0.717, 1.165) is 4.47 Å². The van der Waals surface area contributed by atoms with Gasteiger partial charge in [0.1, 0.15) is 0 Å². The molecule has 7 heteroatoms. The molecule has 0 saturated carbocycles. The van der Waals surface area contributed by atoms with Crippen molar-refractivity contribution in [1.29, 1.82) is 0 Å². The summed E-state index contributed by atoms with van der Waals surface area (Å²) in [6.45, 7) is 1.25. The highest BCUT2D eigenvalue weighted by Gasteiger charge is 2.14. The predicted molar refractivity (Wildman–Crippen MR) is 82.4 cm³/mol. The molecule has 112 valence electrons. The average Bonchev–Trinajstić information content (AvgIpc) is 2.39. The lowest BCUT2D eigenvalue weighted by Gasteiger charge is -2.06. The van der Waals surface area contributed by atoms with Gasteiger partial charge in [0, 0.05) is 24.0 Å². The molecule has 1 aromatic rings. The quantitative estimate of drug-likeness (QED) is 0.684. The molecule has 0 atom stereocenters. The monoisotopic (exact) mass is 362 g/mol. The molecule has 0 radical (unpaired) electrons. The Morgan fingerprint density at radius 1 is 1.20 bits per heavy atom. The summed E-state index contributed by atoms with van der Waals surface area (Å²) in [4.78, 5) is 11.7. The minimum absolute atomic E-state index is 0.0198. The second-order valence-electron chi connectivity index (χ2n) is 4.33. The van der Waals surface area contributed by atoms with Gasteiger partial charge in [-0.2, -0.15) is 0 Å². The van der Waals surface area contributed by atoms with E-state index in [1.807, 2.05) is 0 Å². The minimum Gasteiger partial charge on any atom is -0.355 e. The molecule has 0 aliphatic carbocycles. The van der Waals surface area contributed by atoms with Crippen LogP contribution < -0.4 is 10.6 Å². The van der Waals surface area contributed by atoms with Crippen molar-refractivity contribution in [2.24, 2.45) is 0 Å². The Balaban J connectivity index is 2.40. The van der Waals surface area contributed by atoms with Gasteiger partial charge in [0.25, 0.3) is 0 Å². The van der Waals surface area contributed by atoms with Gasteiger partial charge < -0.3 is 10.6 Å². The molecular weight excluding hydrogens is 344 g/mol. The number of benzene rings is 1. The van der Waals surface area contributed by atoms with Crippen LogP contribution in [0.25, 0.3) is 0 Å². The molecule has 0 unspecified atom stereocenters. The van der Waals surface area contributed by atoms with Crippen LogP contribution in [-0.2, 0) is 14.6 Å². The smallest absolute Gasteiger partial charge is 0.220 e. The summed E-state index contributed by atoms with van der Waals surface area (Å²) in [5, 5.41) is 5.63. The van der Waals surface area contributed by atoms with E-state index in [2.05, 4.69) is 26.6 Å². The molecule has 0 heterocycles. The zero-order valence-corrected chi connectivity index (χ0v) is 13.8. The first kappa shape index (κ1) is 17.1. The predicted octanol–water partition coefficient (Wildman–Crippen LogP) is 1.34. The Morgan fingerprint density at radius 3 is 2.45 bits per heavy atom. The number of nitrogens with one attached hydrogen (secondary N) is 2. The summed E-state index contributed by atoms with van der Waals surface area (Å²) in [5.74, 6) is -0.139. The Kier molecular flexibility index (Phi) is 7.18. The second kappa shape index (κ2) is 8.39. The number of sulfone groups is 1. The standard InChI is InChI=1S/C13H19BrN2O3S/c1-15-8-9-16-13(17)3-2-10-20(18,19)12-6-4-11(14)5-7-12/h4-7,15H,2-3,8-10H2,1H3,(H,16,17). The van der Waals surface area contributed by atoms with Crippen molar-refractivity contribution >= 4 is 31.7 Å². The van der Waals surface area contributed by atoms with Gasteiger partial charge in [0.05, 0.1) is 10.6 Å². The molecule has 1 rings (SSSR count). The first-order chi connectivity index (χ1) is 9.45. The number of hydrogen-bond donors (Lipinski definition) is 2. The summed E-state index contributed by atoms with van der Waals surface area (Å²) in [6.07, 6.45) is 0.545. The maximum Gasteiger partial charge on any atom is 0.220 e. The molecule has 5 nitrogen and oxygen atoms in total. The number of rotatable bonds is 8. The van der Waals surface area contributed by atoms with E-state index in [9.17, 15) is 13.2 Å². The van der Waals surface area contributed by atoms with Gasteiger partial charge >= 0.3 is 0 Å². The van der Waals surface area contributed by atoms with Crippen molar-refractivity contribution in [3.8, 4) is 0 Å². The SMILES string of the molecule is CNCCNC(=O)CCCS(=O)(=O)c1ccc(Br)cc1. The van der Waals surface area contributed by atoms with E-state index in [4.69, 9.17) is 0 Å². The van der Waals surface area contributed by atoms with E-state index < -0.39 is 9.84 Å². The molecule has 0 aromatic heterocycles. The van der Waals surface area contributed by atoms with Crippen molar-refractivity contribution < 1.29 is 13.2 Å². The summed E-state index contributed by atoms with van der Waals surface area (Å²) >= 11 is 3.26. The van der Waals surface area contributed by atoms with E-state index in [0.29, 0.717) is 19.5 Å². The summed E-state index contributed by atoms with van der Waals surface area (Å²) in [6, 6.07) is 6.51. The van der Waals surface area contributed by atoms with Crippen LogP contribution in [0, 0.1) is 0 Å². The van der Waals surface area contributed by atoms with Crippen LogP contribution in [0.2, 0.25) is 0 Å². The van der Waals surface area contributed by atoms with Gasteiger partial charge in [-0.1, -0.05) is 15.9 Å². The van der Waals surface area contributed by atoms with Crippen LogP contribution in [0.5, 0.6) is 0 Å². The third kappa shape index (κ3) is 6.02. The molecule has 0 aliphatic rings. The molecule has 0 spiro atoms. The van der Waals surface area contributed by atoms with E-state index in [1.165, 1.54) is 0 Å². The molecule has 0 saturated heterocycles. The third-order valence-electron chi connectivity index (χ3n) is 2.69. The largest absolute Gasteiger partial charge is 0.355 e. The first-order valence-electron chi connectivity index (χ1n) is 6.35. The lowest BCUT2D eigenvalue weighted by molar-refractivity contribution is -0.121. The summed E-state index contributed by atoms with van der Waals surface area (Å²) < 4.78 is 24.9. The van der Waals surface area contributed by atoms with E-state index in [-0.39, 0.29) is 23.0 Å².